The number of halogens is 1. The standard InChI is InChI=1S/C27H26FNO4S/c1-2-4-21-17-20(18-5-10-22(28)11-6-18)9-14-24(21)33-16-3-15-32-23-12-7-19(8-13-23)25-26(30)29-27(31)34-25/h5-14,17,30H,2-4,15-16H2,1H3,(H,29,31). The first kappa shape index (κ1) is 23.6. The quantitative estimate of drug-likeness (QED) is 0.258. The largest absolute Gasteiger partial charge is 0.493 e. The Bertz CT molecular complexity index is 1280. The first-order valence-electron chi connectivity index (χ1n) is 11.2. The topological polar surface area (TPSA) is 71.5 Å². The molecule has 0 spiro atoms. The highest BCUT2D eigenvalue weighted by Crippen LogP contribution is 2.31. The van der Waals surface area contributed by atoms with Crippen molar-refractivity contribution in [2.45, 2.75) is 26.2 Å². The molecule has 176 valence electrons. The lowest BCUT2D eigenvalue weighted by Gasteiger charge is -2.14. The molecule has 0 atom stereocenters. The fourth-order valence-corrected chi connectivity index (χ4v) is 4.39. The van der Waals surface area contributed by atoms with E-state index < -0.39 is 0 Å². The number of aromatic hydroxyl groups is 1. The number of benzene rings is 3. The molecule has 0 unspecified atom stereocenters. The molecule has 7 heteroatoms. The molecule has 5 nitrogen and oxygen atoms in total. The van der Waals surface area contributed by atoms with Crippen LogP contribution in [0.5, 0.6) is 17.4 Å². The van der Waals surface area contributed by atoms with Crippen LogP contribution in [-0.4, -0.2) is 23.3 Å². The van der Waals surface area contributed by atoms with Gasteiger partial charge < -0.3 is 14.6 Å². The maximum absolute atomic E-state index is 13.2. The summed E-state index contributed by atoms with van der Waals surface area (Å²) in [7, 11) is 0. The Labute approximate surface area is 201 Å². The number of hydrogen-bond donors (Lipinski definition) is 2. The van der Waals surface area contributed by atoms with Crippen molar-refractivity contribution >= 4 is 11.3 Å². The molecule has 0 radical (unpaired) electrons. The van der Waals surface area contributed by atoms with Crippen LogP contribution in [0, 0.1) is 5.82 Å². The van der Waals surface area contributed by atoms with Crippen LogP contribution in [0.25, 0.3) is 21.6 Å². The van der Waals surface area contributed by atoms with Gasteiger partial charge in [0.15, 0.2) is 0 Å². The van der Waals surface area contributed by atoms with Crippen LogP contribution in [0.4, 0.5) is 4.39 Å². The first-order chi connectivity index (χ1) is 16.5. The molecule has 4 rings (SSSR count). The lowest BCUT2D eigenvalue weighted by Crippen LogP contribution is -2.06. The van der Waals surface area contributed by atoms with Crippen LogP contribution < -0.4 is 14.3 Å². The van der Waals surface area contributed by atoms with Gasteiger partial charge in [-0.2, -0.15) is 0 Å². The summed E-state index contributed by atoms with van der Waals surface area (Å²) in [5, 5.41) is 9.78. The molecule has 0 amide bonds. The van der Waals surface area contributed by atoms with Crippen molar-refractivity contribution in [1.82, 2.24) is 4.98 Å². The second-order valence-electron chi connectivity index (χ2n) is 7.85. The molecular weight excluding hydrogens is 453 g/mol. The minimum absolute atomic E-state index is 0.117. The third kappa shape index (κ3) is 5.85. The summed E-state index contributed by atoms with van der Waals surface area (Å²) in [6.45, 7) is 3.15. The van der Waals surface area contributed by atoms with Crippen molar-refractivity contribution < 1.29 is 19.0 Å². The van der Waals surface area contributed by atoms with Crippen LogP contribution in [0.3, 0.4) is 0 Å². The van der Waals surface area contributed by atoms with E-state index in [1.807, 2.05) is 36.4 Å². The zero-order valence-corrected chi connectivity index (χ0v) is 19.7. The molecule has 1 heterocycles. The minimum Gasteiger partial charge on any atom is -0.493 e. The molecule has 2 N–H and O–H groups in total. The third-order valence-electron chi connectivity index (χ3n) is 5.32. The van der Waals surface area contributed by atoms with Gasteiger partial charge in [-0.05, 0) is 77.2 Å². The van der Waals surface area contributed by atoms with Gasteiger partial charge in [-0.1, -0.05) is 42.9 Å². The highest BCUT2D eigenvalue weighted by molar-refractivity contribution is 7.13. The maximum atomic E-state index is 13.2. The maximum Gasteiger partial charge on any atom is 0.307 e. The van der Waals surface area contributed by atoms with Crippen molar-refractivity contribution in [2.24, 2.45) is 0 Å². The summed E-state index contributed by atoms with van der Waals surface area (Å²) in [5.74, 6) is 1.21. The second-order valence-corrected chi connectivity index (χ2v) is 8.83. The van der Waals surface area contributed by atoms with Gasteiger partial charge in [0, 0.05) is 6.42 Å². The van der Waals surface area contributed by atoms with Crippen molar-refractivity contribution in [2.75, 3.05) is 13.2 Å². The SMILES string of the molecule is CCCc1cc(-c2ccc(F)cc2)ccc1OCCCOc1ccc(-c2sc(=O)[nH]c2O)cc1. The fourth-order valence-electron chi connectivity index (χ4n) is 3.66. The van der Waals surface area contributed by atoms with Crippen molar-refractivity contribution in [1.29, 1.82) is 0 Å². The van der Waals surface area contributed by atoms with E-state index in [4.69, 9.17) is 9.47 Å². The zero-order chi connectivity index (χ0) is 23.9. The molecule has 0 bridgehead atoms. The molecule has 0 saturated heterocycles. The van der Waals surface area contributed by atoms with E-state index in [2.05, 4.69) is 18.0 Å². The van der Waals surface area contributed by atoms with Gasteiger partial charge in [-0.3, -0.25) is 9.78 Å². The van der Waals surface area contributed by atoms with Gasteiger partial charge in [-0.15, -0.1) is 0 Å². The van der Waals surface area contributed by atoms with E-state index in [0.29, 0.717) is 30.3 Å². The average Bonchev–Trinajstić information content (AvgIpc) is 3.18. The van der Waals surface area contributed by atoms with E-state index in [1.165, 1.54) is 12.1 Å². The summed E-state index contributed by atoms with van der Waals surface area (Å²) in [5.41, 5.74) is 3.91. The van der Waals surface area contributed by atoms with Gasteiger partial charge in [0.1, 0.15) is 17.3 Å². The molecule has 0 aliphatic carbocycles. The highest BCUT2D eigenvalue weighted by atomic mass is 32.1. The lowest BCUT2D eigenvalue weighted by atomic mass is 10.00. The summed E-state index contributed by atoms with van der Waals surface area (Å²) in [6.07, 6.45) is 2.62. The van der Waals surface area contributed by atoms with Gasteiger partial charge >= 0.3 is 4.87 Å². The number of aromatic nitrogens is 1. The Morgan fingerprint density at radius 3 is 2.26 bits per heavy atom. The molecule has 0 aliphatic heterocycles. The van der Waals surface area contributed by atoms with E-state index >= 15 is 0 Å². The summed E-state index contributed by atoms with van der Waals surface area (Å²) in [6, 6.07) is 19.9. The predicted molar refractivity (Wildman–Crippen MR) is 133 cm³/mol. The summed E-state index contributed by atoms with van der Waals surface area (Å²) in [4.78, 5) is 13.9. The van der Waals surface area contributed by atoms with Crippen molar-refractivity contribution in [3.8, 4) is 38.9 Å². The van der Waals surface area contributed by atoms with Crippen LogP contribution in [0.2, 0.25) is 0 Å². The molecule has 0 aliphatic rings. The van der Waals surface area contributed by atoms with Crippen molar-refractivity contribution in [3.05, 3.63) is 87.8 Å². The van der Waals surface area contributed by atoms with Gasteiger partial charge in [0.2, 0.25) is 5.88 Å². The highest BCUT2D eigenvalue weighted by Gasteiger charge is 2.10. The average molecular weight is 480 g/mol. The van der Waals surface area contributed by atoms with Gasteiger partial charge in [0.05, 0.1) is 18.1 Å². The number of aromatic amines is 1. The Balaban J connectivity index is 1.29. The number of aryl methyl sites for hydroxylation is 1. The Kier molecular flexibility index (Phi) is 7.65. The first-order valence-corrected chi connectivity index (χ1v) is 12.0. The number of H-pyrrole nitrogens is 1. The van der Waals surface area contributed by atoms with Gasteiger partial charge in [0.25, 0.3) is 0 Å². The number of nitrogens with one attached hydrogen (secondary N) is 1. The number of rotatable bonds is 10. The summed E-state index contributed by atoms with van der Waals surface area (Å²) >= 11 is 0.967. The molecule has 1 aromatic heterocycles. The van der Waals surface area contributed by atoms with Crippen LogP contribution >= 0.6 is 11.3 Å². The molecule has 4 aromatic rings. The number of thiazole rings is 1. The summed E-state index contributed by atoms with van der Waals surface area (Å²) < 4.78 is 25.1. The number of hydrogen-bond acceptors (Lipinski definition) is 5. The van der Waals surface area contributed by atoms with Crippen LogP contribution in [0.15, 0.2) is 71.5 Å². The molecule has 0 saturated carbocycles. The molecule has 0 fully saturated rings. The zero-order valence-electron chi connectivity index (χ0n) is 18.8. The molecular formula is C27H26FNO4S. The van der Waals surface area contributed by atoms with E-state index in [1.54, 1.807) is 12.1 Å². The third-order valence-corrected chi connectivity index (χ3v) is 6.24. The smallest absolute Gasteiger partial charge is 0.307 e. The van der Waals surface area contributed by atoms with E-state index in [0.717, 1.165) is 52.2 Å². The molecule has 34 heavy (non-hydrogen) atoms. The van der Waals surface area contributed by atoms with Crippen LogP contribution in [0.1, 0.15) is 25.3 Å². The Morgan fingerprint density at radius 1 is 0.912 bits per heavy atom. The van der Waals surface area contributed by atoms with Gasteiger partial charge in [-0.25, -0.2) is 4.39 Å². The normalized spacial score (nSPS) is 10.9. The molecule has 3 aromatic carbocycles. The second kappa shape index (κ2) is 11.0. The Hall–Kier alpha value is -3.58. The fraction of sp³-hybridized carbons (Fsp3) is 0.222. The number of ether oxygens (including phenoxy) is 2. The van der Waals surface area contributed by atoms with Crippen LogP contribution in [-0.2, 0) is 6.42 Å². The van der Waals surface area contributed by atoms with E-state index in [9.17, 15) is 14.3 Å². The predicted octanol–water partition coefficient (Wildman–Crippen LogP) is 6.42. The lowest BCUT2D eigenvalue weighted by molar-refractivity contribution is 0.246. The van der Waals surface area contributed by atoms with E-state index in [-0.39, 0.29) is 16.6 Å². The Morgan fingerprint density at radius 2 is 1.59 bits per heavy atom. The minimum atomic E-state index is -0.292. The van der Waals surface area contributed by atoms with Crippen molar-refractivity contribution in [3.63, 3.8) is 0 Å². The monoisotopic (exact) mass is 479 g/mol.